The number of nitrogens with zero attached hydrogens (tertiary/aromatic N) is 2. The van der Waals surface area contributed by atoms with Crippen LogP contribution in [0.25, 0.3) is 0 Å². The zero-order valence-electron chi connectivity index (χ0n) is 15.7. The minimum absolute atomic E-state index is 0.276. The molecule has 0 bridgehead atoms. The summed E-state index contributed by atoms with van der Waals surface area (Å²) in [5.74, 6) is -0.225. The number of alkyl halides is 3. The molecule has 0 radical (unpaired) electrons. The largest absolute Gasteiger partial charge is 0.416 e. The molecule has 2 N–H and O–H groups in total. The Morgan fingerprint density at radius 3 is 2.27 bits per heavy atom. The molecular weight excluding hydrogens is 400 g/mol. The summed E-state index contributed by atoms with van der Waals surface area (Å²) < 4.78 is 52.5. The average molecular weight is 416 g/mol. The number of pyridine rings is 2. The molecule has 1 aromatic carbocycles. The van der Waals surface area contributed by atoms with E-state index >= 15 is 0 Å². The quantitative estimate of drug-likeness (QED) is 0.506. The fourth-order valence-corrected chi connectivity index (χ4v) is 3.64. The number of halogens is 4. The van der Waals surface area contributed by atoms with Gasteiger partial charge < -0.3 is 10.3 Å². The van der Waals surface area contributed by atoms with Gasteiger partial charge in [-0.05, 0) is 36.8 Å². The Labute approximate surface area is 168 Å². The molecule has 0 saturated heterocycles. The van der Waals surface area contributed by atoms with Crippen molar-refractivity contribution in [1.29, 1.82) is 0 Å². The Balaban J connectivity index is 1.83. The number of hydrogen-bond acceptors (Lipinski definition) is 4. The first-order valence-electron chi connectivity index (χ1n) is 9.05. The smallest absolute Gasteiger partial charge is 0.354 e. The highest BCUT2D eigenvalue weighted by molar-refractivity contribution is 6.01. The summed E-state index contributed by atoms with van der Waals surface area (Å²) in [5.41, 5.74) is -0.464. The molecule has 0 spiro atoms. The van der Waals surface area contributed by atoms with Gasteiger partial charge in [0.25, 0.3) is 0 Å². The Kier molecular flexibility index (Phi) is 4.68. The van der Waals surface area contributed by atoms with Crippen LogP contribution in [-0.2, 0) is 11.7 Å². The topological polar surface area (TPSA) is 70.1 Å². The van der Waals surface area contributed by atoms with Crippen LogP contribution in [-0.4, -0.2) is 21.8 Å². The summed E-state index contributed by atoms with van der Waals surface area (Å²) in [4.78, 5) is 22.3. The maximum absolute atomic E-state index is 13.4. The lowest BCUT2D eigenvalue weighted by atomic mass is 9.78. The second-order valence-electron chi connectivity index (χ2n) is 6.97. The van der Waals surface area contributed by atoms with Crippen molar-refractivity contribution in [1.82, 2.24) is 15.3 Å². The highest BCUT2D eigenvalue weighted by Gasteiger charge is 2.46. The molecule has 0 aliphatic carbocycles. The predicted molar refractivity (Wildman–Crippen MR) is 103 cm³/mol. The number of aliphatic imine (C=N–C) groups is 1. The van der Waals surface area contributed by atoms with Crippen LogP contribution in [0.15, 0.2) is 70.7 Å². The van der Waals surface area contributed by atoms with Crippen LogP contribution in [0.5, 0.6) is 0 Å². The standard InChI is InChI=1S/C21H16F4N4O/c1-12-20(16-7-8-17(22)26-11-16,14-3-5-15(6-4-14)21(23,24)25)29-19(28-12)13-2-9-18(30)27-10-13/h2-12H,1H3,(H,27,30)(H,28,29)/t12-,20-/m0/s1. The van der Waals surface area contributed by atoms with E-state index in [2.05, 4.69) is 20.3 Å². The van der Waals surface area contributed by atoms with Gasteiger partial charge in [0.1, 0.15) is 11.4 Å². The maximum atomic E-state index is 13.4. The average Bonchev–Trinajstić information content (AvgIpc) is 3.07. The number of benzene rings is 1. The van der Waals surface area contributed by atoms with Crippen molar-refractivity contribution in [2.24, 2.45) is 4.99 Å². The molecule has 154 valence electrons. The molecule has 0 saturated carbocycles. The van der Waals surface area contributed by atoms with Crippen molar-refractivity contribution < 1.29 is 17.6 Å². The highest BCUT2D eigenvalue weighted by atomic mass is 19.4. The number of aromatic amines is 1. The predicted octanol–water partition coefficient (Wildman–Crippen LogP) is 3.61. The van der Waals surface area contributed by atoms with Crippen molar-refractivity contribution >= 4 is 5.84 Å². The third kappa shape index (κ3) is 3.36. The van der Waals surface area contributed by atoms with Crippen molar-refractivity contribution in [3.63, 3.8) is 0 Å². The second-order valence-corrected chi connectivity index (χ2v) is 6.97. The summed E-state index contributed by atoms with van der Waals surface area (Å²) in [6.07, 6.45) is -1.64. The first-order chi connectivity index (χ1) is 14.2. The van der Waals surface area contributed by atoms with Crippen LogP contribution in [0.4, 0.5) is 17.6 Å². The molecule has 4 rings (SSSR count). The molecule has 0 fully saturated rings. The Morgan fingerprint density at radius 1 is 1.00 bits per heavy atom. The van der Waals surface area contributed by atoms with Crippen LogP contribution in [0.2, 0.25) is 0 Å². The van der Waals surface area contributed by atoms with Crippen molar-refractivity contribution in [3.8, 4) is 0 Å². The monoisotopic (exact) mass is 416 g/mol. The molecule has 9 heteroatoms. The maximum Gasteiger partial charge on any atom is 0.416 e. The van der Waals surface area contributed by atoms with Gasteiger partial charge in [-0.2, -0.15) is 17.6 Å². The molecule has 3 aromatic rings. The van der Waals surface area contributed by atoms with E-state index in [1.165, 1.54) is 42.7 Å². The first kappa shape index (κ1) is 19.8. The summed E-state index contributed by atoms with van der Waals surface area (Å²) in [7, 11) is 0. The van der Waals surface area contributed by atoms with Gasteiger partial charge in [-0.3, -0.25) is 9.79 Å². The molecular formula is C21H16F4N4O. The molecule has 3 heterocycles. The molecule has 2 aromatic heterocycles. The summed E-state index contributed by atoms with van der Waals surface area (Å²) >= 11 is 0. The van der Waals surface area contributed by atoms with E-state index < -0.39 is 29.3 Å². The Hall–Kier alpha value is -3.49. The lowest BCUT2D eigenvalue weighted by Crippen LogP contribution is -2.48. The molecule has 1 aliphatic rings. The van der Waals surface area contributed by atoms with Gasteiger partial charge in [0, 0.05) is 29.6 Å². The van der Waals surface area contributed by atoms with E-state index in [1.54, 1.807) is 13.0 Å². The number of aromatic nitrogens is 2. The number of nitrogens with one attached hydrogen (secondary N) is 2. The Morgan fingerprint density at radius 2 is 1.70 bits per heavy atom. The number of H-pyrrole nitrogens is 1. The normalized spacial score (nSPS) is 21.2. The number of hydrogen-bond donors (Lipinski definition) is 2. The zero-order valence-corrected chi connectivity index (χ0v) is 15.7. The minimum atomic E-state index is -4.46. The third-order valence-corrected chi connectivity index (χ3v) is 5.17. The van der Waals surface area contributed by atoms with Crippen LogP contribution >= 0.6 is 0 Å². The highest BCUT2D eigenvalue weighted by Crippen LogP contribution is 2.39. The first-order valence-corrected chi connectivity index (χ1v) is 9.05. The fraction of sp³-hybridized carbons (Fsp3) is 0.190. The molecule has 30 heavy (non-hydrogen) atoms. The zero-order chi connectivity index (χ0) is 21.5. The van der Waals surface area contributed by atoms with Gasteiger partial charge in [0.15, 0.2) is 0 Å². The van der Waals surface area contributed by atoms with E-state index in [0.29, 0.717) is 22.5 Å². The minimum Gasteiger partial charge on any atom is -0.354 e. The van der Waals surface area contributed by atoms with Crippen LogP contribution < -0.4 is 10.9 Å². The van der Waals surface area contributed by atoms with Gasteiger partial charge in [0.2, 0.25) is 11.5 Å². The molecule has 2 atom stereocenters. The Bertz CT molecular complexity index is 1130. The van der Waals surface area contributed by atoms with Gasteiger partial charge in [-0.15, -0.1) is 0 Å². The van der Waals surface area contributed by atoms with E-state index in [-0.39, 0.29) is 5.56 Å². The summed E-state index contributed by atoms with van der Waals surface area (Å²) in [6.45, 7) is 1.80. The van der Waals surface area contributed by atoms with Gasteiger partial charge in [0.05, 0.1) is 11.6 Å². The number of amidine groups is 1. The van der Waals surface area contributed by atoms with Crippen molar-refractivity contribution in [2.75, 3.05) is 0 Å². The van der Waals surface area contributed by atoms with E-state index in [0.717, 1.165) is 12.1 Å². The van der Waals surface area contributed by atoms with Crippen LogP contribution in [0.1, 0.15) is 29.2 Å². The summed E-state index contributed by atoms with van der Waals surface area (Å²) in [6, 6.07) is 9.93. The molecule has 5 nitrogen and oxygen atoms in total. The van der Waals surface area contributed by atoms with E-state index in [1.807, 2.05) is 0 Å². The molecule has 1 aliphatic heterocycles. The second kappa shape index (κ2) is 7.08. The number of rotatable bonds is 3. The van der Waals surface area contributed by atoms with Gasteiger partial charge in [-0.1, -0.05) is 18.2 Å². The SMILES string of the molecule is C[C@@H]1N=C(c2ccc(=O)[nH]c2)N[C@@]1(c1ccc(C(F)(F)F)cc1)c1ccc(F)nc1. The van der Waals surface area contributed by atoms with Crippen LogP contribution in [0.3, 0.4) is 0 Å². The van der Waals surface area contributed by atoms with Gasteiger partial charge >= 0.3 is 6.18 Å². The van der Waals surface area contributed by atoms with Crippen molar-refractivity contribution in [3.05, 3.63) is 99.5 Å². The van der Waals surface area contributed by atoms with E-state index in [9.17, 15) is 22.4 Å². The molecule has 0 amide bonds. The van der Waals surface area contributed by atoms with Crippen LogP contribution in [0, 0.1) is 5.95 Å². The fourth-order valence-electron chi connectivity index (χ4n) is 3.64. The third-order valence-electron chi connectivity index (χ3n) is 5.17. The lowest BCUT2D eigenvalue weighted by molar-refractivity contribution is -0.137. The van der Waals surface area contributed by atoms with E-state index in [4.69, 9.17) is 0 Å². The lowest BCUT2D eigenvalue weighted by Gasteiger charge is -2.35. The van der Waals surface area contributed by atoms with Crippen molar-refractivity contribution in [2.45, 2.75) is 24.7 Å². The summed E-state index contributed by atoms with van der Waals surface area (Å²) in [5, 5.41) is 3.28. The van der Waals surface area contributed by atoms with Gasteiger partial charge in [-0.25, -0.2) is 4.98 Å². The molecule has 0 unspecified atom stereocenters.